The van der Waals surface area contributed by atoms with Crippen molar-refractivity contribution in [3.05, 3.63) is 62.5 Å². The van der Waals surface area contributed by atoms with Gasteiger partial charge >= 0.3 is 0 Å². The summed E-state index contributed by atoms with van der Waals surface area (Å²) in [4.78, 5) is 23.1. The van der Waals surface area contributed by atoms with Crippen LogP contribution in [0, 0.1) is 0 Å². The first-order valence-electron chi connectivity index (χ1n) is 7.56. The number of carbonyl (C=O) groups is 1. The molecular formula is C17H15N3OS2. The smallest absolute Gasteiger partial charge is 0.269 e. The van der Waals surface area contributed by atoms with E-state index >= 15 is 0 Å². The molecule has 2 heterocycles. The van der Waals surface area contributed by atoms with Gasteiger partial charge in [0.25, 0.3) is 5.91 Å². The molecule has 0 unspecified atom stereocenters. The van der Waals surface area contributed by atoms with Crippen LogP contribution in [0.1, 0.15) is 37.2 Å². The number of carbonyl (C=O) groups excluding carboxylic acids is 1. The first-order valence-corrected chi connectivity index (χ1v) is 9.20. The van der Waals surface area contributed by atoms with Gasteiger partial charge in [-0.1, -0.05) is 30.3 Å². The van der Waals surface area contributed by atoms with Crippen molar-refractivity contribution in [2.45, 2.75) is 25.7 Å². The van der Waals surface area contributed by atoms with Crippen molar-refractivity contribution < 1.29 is 4.79 Å². The monoisotopic (exact) mass is 341 g/mol. The molecule has 1 N–H and O–H groups in total. The van der Waals surface area contributed by atoms with E-state index in [0.717, 1.165) is 30.0 Å². The number of amides is 1. The van der Waals surface area contributed by atoms with Crippen LogP contribution in [0.15, 0.2) is 36.5 Å². The van der Waals surface area contributed by atoms with Gasteiger partial charge in [0, 0.05) is 11.3 Å². The van der Waals surface area contributed by atoms with Gasteiger partial charge in [0.1, 0.15) is 4.88 Å². The molecule has 0 bridgehead atoms. The quantitative estimate of drug-likeness (QED) is 0.782. The lowest BCUT2D eigenvalue weighted by Gasteiger charge is -1.98. The van der Waals surface area contributed by atoms with Gasteiger partial charge in [-0.15, -0.1) is 22.7 Å². The number of fused-ring (bicyclic) bond motifs is 1. The molecule has 3 aromatic rings. The number of aromatic nitrogens is 2. The normalized spacial score (nSPS) is 13.0. The zero-order valence-corrected chi connectivity index (χ0v) is 14.0. The van der Waals surface area contributed by atoms with E-state index < -0.39 is 0 Å². The fraction of sp³-hybridized carbons (Fsp3) is 0.235. The second-order valence-electron chi connectivity index (χ2n) is 5.48. The van der Waals surface area contributed by atoms with E-state index in [9.17, 15) is 4.79 Å². The standard InChI is InChI=1S/C17H15N3OS2/c21-16(20-17-19-12-7-4-8-13(12)23-17)14-10-18-15(22-14)9-11-5-2-1-3-6-11/h1-3,5-6,10H,4,7-9H2,(H,19,20,21). The van der Waals surface area contributed by atoms with Gasteiger partial charge in [0.2, 0.25) is 0 Å². The number of nitrogens with zero attached hydrogens (tertiary/aromatic N) is 2. The zero-order valence-electron chi connectivity index (χ0n) is 12.4. The Bertz CT molecular complexity index is 817. The minimum absolute atomic E-state index is 0.116. The summed E-state index contributed by atoms with van der Waals surface area (Å²) in [6, 6.07) is 10.2. The highest BCUT2D eigenvalue weighted by Gasteiger charge is 2.19. The van der Waals surface area contributed by atoms with E-state index in [1.807, 2.05) is 18.2 Å². The van der Waals surface area contributed by atoms with Crippen LogP contribution in [-0.4, -0.2) is 15.9 Å². The Balaban J connectivity index is 1.44. The summed E-state index contributed by atoms with van der Waals surface area (Å²) in [5.41, 5.74) is 2.35. The summed E-state index contributed by atoms with van der Waals surface area (Å²) in [6.45, 7) is 0. The summed E-state index contributed by atoms with van der Waals surface area (Å²) in [7, 11) is 0. The molecule has 6 heteroatoms. The van der Waals surface area contributed by atoms with Crippen LogP contribution in [0.5, 0.6) is 0 Å². The van der Waals surface area contributed by atoms with Crippen LogP contribution in [0.2, 0.25) is 0 Å². The third-order valence-corrected chi connectivity index (χ3v) is 5.86. The van der Waals surface area contributed by atoms with Crippen molar-refractivity contribution >= 4 is 33.7 Å². The van der Waals surface area contributed by atoms with Gasteiger partial charge in [-0.25, -0.2) is 9.97 Å². The van der Waals surface area contributed by atoms with Gasteiger partial charge in [-0.05, 0) is 24.8 Å². The first-order chi connectivity index (χ1) is 11.3. The Hall–Kier alpha value is -2.05. The van der Waals surface area contributed by atoms with E-state index in [1.54, 1.807) is 17.5 Å². The third-order valence-electron chi connectivity index (χ3n) is 3.79. The highest BCUT2D eigenvalue weighted by atomic mass is 32.1. The number of anilines is 1. The molecule has 0 saturated carbocycles. The summed E-state index contributed by atoms with van der Waals surface area (Å²) < 4.78 is 0. The van der Waals surface area contributed by atoms with Gasteiger partial charge in [-0.3, -0.25) is 10.1 Å². The van der Waals surface area contributed by atoms with Crippen LogP contribution in [0.25, 0.3) is 0 Å². The van der Waals surface area contributed by atoms with Crippen LogP contribution < -0.4 is 5.32 Å². The Labute approximate surface area is 142 Å². The largest absolute Gasteiger partial charge is 0.297 e. The molecule has 0 spiro atoms. The lowest BCUT2D eigenvalue weighted by Crippen LogP contribution is -2.09. The minimum Gasteiger partial charge on any atom is -0.297 e. The van der Waals surface area contributed by atoms with Crippen molar-refractivity contribution in [3.63, 3.8) is 0 Å². The Morgan fingerprint density at radius 3 is 2.87 bits per heavy atom. The predicted molar refractivity (Wildman–Crippen MR) is 93.5 cm³/mol. The Morgan fingerprint density at radius 2 is 2.04 bits per heavy atom. The Morgan fingerprint density at radius 1 is 1.17 bits per heavy atom. The molecule has 0 atom stereocenters. The number of hydrogen-bond donors (Lipinski definition) is 1. The van der Waals surface area contributed by atoms with Crippen molar-refractivity contribution in [2.75, 3.05) is 5.32 Å². The molecular weight excluding hydrogens is 326 g/mol. The van der Waals surface area contributed by atoms with Crippen LogP contribution >= 0.6 is 22.7 Å². The minimum atomic E-state index is -0.116. The number of aryl methyl sites for hydroxylation is 2. The summed E-state index contributed by atoms with van der Waals surface area (Å²) in [5.74, 6) is -0.116. The molecule has 2 aromatic heterocycles. The lowest BCUT2D eigenvalue weighted by atomic mass is 10.2. The molecule has 0 saturated heterocycles. The average molecular weight is 341 g/mol. The van der Waals surface area contributed by atoms with Crippen LogP contribution in [-0.2, 0) is 19.3 Å². The number of thiazole rings is 2. The molecule has 1 aliphatic carbocycles. The third kappa shape index (κ3) is 3.18. The predicted octanol–water partition coefficient (Wildman–Crippen LogP) is 3.93. The molecule has 1 aromatic carbocycles. The van der Waals surface area contributed by atoms with Gasteiger partial charge in [0.05, 0.1) is 16.9 Å². The molecule has 0 aliphatic heterocycles. The maximum Gasteiger partial charge on any atom is 0.269 e. The number of benzene rings is 1. The van der Waals surface area contributed by atoms with Crippen molar-refractivity contribution in [3.8, 4) is 0 Å². The fourth-order valence-corrected chi connectivity index (χ4v) is 4.56. The second-order valence-corrected chi connectivity index (χ2v) is 7.68. The van der Waals surface area contributed by atoms with E-state index in [-0.39, 0.29) is 5.91 Å². The van der Waals surface area contributed by atoms with E-state index in [0.29, 0.717) is 10.0 Å². The van der Waals surface area contributed by atoms with Crippen molar-refractivity contribution in [1.29, 1.82) is 0 Å². The van der Waals surface area contributed by atoms with Crippen LogP contribution in [0.4, 0.5) is 5.13 Å². The summed E-state index contributed by atoms with van der Waals surface area (Å²) >= 11 is 3.04. The first kappa shape index (κ1) is 14.5. The average Bonchev–Trinajstić information content (AvgIpc) is 3.24. The molecule has 1 amide bonds. The van der Waals surface area contributed by atoms with Gasteiger partial charge in [0.15, 0.2) is 5.13 Å². The molecule has 0 radical (unpaired) electrons. The molecule has 1 aliphatic rings. The van der Waals surface area contributed by atoms with E-state index in [1.165, 1.54) is 28.2 Å². The molecule has 0 fully saturated rings. The summed E-state index contributed by atoms with van der Waals surface area (Å²) in [6.07, 6.45) is 5.71. The molecule has 116 valence electrons. The van der Waals surface area contributed by atoms with Crippen LogP contribution in [0.3, 0.4) is 0 Å². The maximum absolute atomic E-state index is 12.3. The topological polar surface area (TPSA) is 54.9 Å². The fourth-order valence-electron chi connectivity index (χ4n) is 2.67. The maximum atomic E-state index is 12.3. The highest BCUT2D eigenvalue weighted by molar-refractivity contribution is 7.16. The van der Waals surface area contributed by atoms with E-state index in [2.05, 4.69) is 27.4 Å². The van der Waals surface area contributed by atoms with E-state index in [4.69, 9.17) is 0 Å². The number of nitrogens with one attached hydrogen (secondary N) is 1. The second kappa shape index (κ2) is 6.22. The molecule has 23 heavy (non-hydrogen) atoms. The number of rotatable bonds is 4. The highest BCUT2D eigenvalue weighted by Crippen LogP contribution is 2.30. The molecule has 4 nitrogen and oxygen atoms in total. The SMILES string of the molecule is O=C(Nc1nc2c(s1)CCC2)c1cnc(Cc2ccccc2)s1. The number of hydrogen-bond acceptors (Lipinski definition) is 5. The summed E-state index contributed by atoms with van der Waals surface area (Å²) in [5, 5.41) is 4.56. The van der Waals surface area contributed by atoms with Gasteiger partial charge in [-0.2, -0.15) is 0 Å². The van der Waals surface area contributed by atoms with Crippen molar-refractivity contribution in [1.82, 2.24) is 9.97 Å². The molecule has 4 rings (SSSR count). The lowest BCUT2D eigenvalue weighted by molar-refractivity contribution is 0.103. The zero-order chi connectivity index (χ0) is 15.6. The van der Waals surface area contributed by atoms with Gasteiger partial charge < -0.3 is 0 Å². The Kier molecular flexibility index (Phi) is 3.93. The van der Waals surface area contributed by atoms with Crippen molar-refractivity contribution in [2.24, 2.45) is 0 Å².